The second-order valence-corrected chi connectivity index (χ2v) is 19.8. The van der Waals surface area contributed by atoms with Gasteiger partial charge in [-0.25, -0.2) is 4.98 Å². The third-order valence-electron chi connectivity index (χ3n) is 15.5. The first kappa shape index (κ1) is 48.8. The Kier molecular flexibility index (Phi) is 16.6. The van der Waals surface area contributed by atoms with E-state index < -0.39 is 0 Å². The largest absolute Gasteiger partial charge is 0.371 e. The van der Waals surface area contributed by atoms with Gasteiger partial charge < -0.3 is 35.2 Å². The zero-order chi connectivity index (χ0) is 47.6. The molecular formula is C57H77N9O2. The molecule has 68 heavy (non-hydrogen) atoms. The number of unbranched alkanes of at least 4 members (excludes halogenated alkanes) is 1. The number of carbonyl (C=O) groups excluding carboxylic acids is 2. The van der Waals surface area contributed by atoms with Crippen LogP contribution in [0.5, 0.6) is 0 Å². The number of aromatic nitrogens is 2. The molecule has 362 valence electrons. The van der Waals surface area contributed by atoms with Gasteiger partial charge in [0.2, 0.25) is 12.3 Å². The molecular weight excluding hydrogens is 843 g/mol. The van der Waals surface area contributed by atoms with E-state index in [0.717, 1.165) is 123 Å². The summed E-state index contributed by atoms with van der Waals surface area (Å²) in [5, 5.41) is 6.39. The molecule has 3 aliphatic heterocycles. The molecule has 3 aliphatic carbocycles. The van der Waals surface area contributed by atoms with Crippen LogP contribution in [0.3, 0.4) is 0 Å². The maximum absolute atomic E-state index is 13.8. The number of aromatic amines is 1. The number of aryl methyl sites for hydroxylation is 1. The van der Waals surface area contributed by atoms with Gasteiger partial charge in [0.1, 0.15) is 11.7 Å². The van der Waals surface area contributed by atoms with Crippen LogP contribution in [-0.4, -0.2) is 108 Å². The third kappa shape index (κ3) is 11.4. The van der Waals surface area contributed by atoms with E-state index in [9.17, 15) is 9.59 Å². The summed E-state index contributed by atoms with van der Waals surface area (Å²) in [6.07, 6.45) is 30.0. The summed E-state index contributed by atoms with van der Waals surface area (Å²) in [4.78, 5) is 45.4. The van der Waals surface area contributed by atoms with Gasteiger partial charge in [0.15, 0.2) is 0 Å². The molecule has 4 fully saturated rings. The molecule has 3 saturated heterocycles. The van der Waals surface area contributed by atoms with Crippen molar-refractivity contribution in [1.82, 2.24) is 30.0 Å². The molecule has 6 aliphatic rings. The Morgan fingerprint density at radius 3 is 2.29 bits per heavy atom. The normalized spacial score (nSPS) is 22.5. The number of hydrogen-bond acceptors (Lipinski definition) is 8. The molecule has 11 heteroatoms. The predicted molar refractivity (Wildman–Crippen MR) is 282 cm³/mol. The maximum atomic E-state index is 13.8. The summed E-state index contributed by atoms with van der Waals surface area (Å²) in [6.45, 7) is 26.1. The van der Waals surface area contributed by atoms with Crippen LogP contribution in [-0.2, 0) is 9.59 Å². The number of amides is 2. The van der Waals surface area contributed by atoms with Gasteiger partial charge in [-0.1, -0.05) is 89.3 Å². The van der Waals surface area contributed by atoms with Crippen LogP contribution in [0, 0.1) is 30.6 Å². The zero-order valence-electron chi connectivity index (χ0n) is 41.5. The van der Waals surface area contributed by atoms with Crippen molar-refractivity contribution in [2.75, 3.05) is 80.6 Å². The van der Waals surface area contributed by atoms with Crippen LogP contribution in [0.1, 0.15) is 89.9 Å². The summed E-state index contributed by atoms with van der Waals surface area (Å²) in [5.41, 5.74) is 9.73. The Morgan fingerprint density at radius 2 is 1.59 bits per heavy atom. The molecule has 2 aromatic carbocycles. The number of nitrogens with one attached hydrogen (secondary N) is 3. The van der Waals surface area contributed by atoms with Crippen molar-refractivity contribution in [3.05, 3.63) is 132 Å². The predicted octanol–water partition coefficient (Wildman–Crippen LogP) is 10.1. The average Bonchev–Trinajstić information content (AvgIpc) is 3.61. The molecule has 4 atom stereocenters. The highest BCUT2D eigenvalue weighted by Crippen LogP contribution is 2.43. The Balaban J connectivity index is 0.000000185. The van der Waals surface area contributed by atoms with Crippen molar-refractivity contribution in [3.8, 4) is 0 Å². The van der Waals surface area contributed by atoms with Gasteiger partial charge in [-0.3, -0.25) is 14.5 Å². The minimum Gasteiger partial charge on any atom is -0.371 e. The molecule has 3 aromatic rings. The van der Waals surface area contributed by atoms with E-state index in [-0.39, 0.29) is 29.6 Å². The minimum absolute atomic E-state index is 0.0129. The molecule has 3 N–H and O–H groups in total. The van der Waals surface area contributed by atoms with E-state index in [2.05, 4.69) is 149 Å². The number of likely N-dealkylation sites (tertiary alicyclic amines) is 1. The van der Waals surface area contributed by atoms with E-state index in [1.54, 1.807) is 0 Å². The quantitative estimate of drug-likeness (QED) is 0.0909. The summed E-state index contributed by atoms with van der Waals surface area (Å²) in [5.74, 6) is 1.64. The van der Waals surface area contributed by atoms with Crippen molar-refractivity contribution in [1.29, 1.82) is 0 Å². The van der Waals surface area contributed by atoms with Gasteiger partial charge in [0.05, 0.1) is 11.0 Å². The third-order valence-corrected chi connectivity index (χ3v) is 15.5. The number of hydrogen-bond donors (Lipinski definition) is 3. The number of imidazole rings is 1. The average molecular weight is 920 g/mol. The first-order valence-electron chi connectivity index (χ1n) is 25.8. The first-order valence-corrected chi connectivity index (χ1v) is 25.8. The molecule has 2 amide bonds. The zero-order valence-corrected chi connectivity index (χ0v) is 41.5. The molecule has 0 radical (unpaired) electrons. The number of fused-ring (bicyclic) bond motifs is 2. The van der Waals surface area contributed by atoms with Crippen molar-refractivity contribution < 1.29 is 9.59 Å². The number of benzene rings is 2. The molecule has 4 unspecified atom stereocenters. The highest BCUT2D eigenvalue weighted by molar-refractivity contribution is 5.91. The van der Waals surface area contributed by atoms with E-state index in [4.69, 9.17) is 4.98 Å². The van der Waals surface area contributed by atoms with E-state index in [1.807, 2.05) is 29.2 Å². The fourth-order valence-corrected chi connectivity index (χ4v) is 10.8. The number of H-pyrrole nitrogens is 1. The van der Waals surface area contributed by atoms with Gasteiger partial charge in [0.25, 0.3) is 0 Å². The monoisotopic (exact) mass is 920 g/mol. The Bertz CT molecular complexity index is 2400. The molecule has 11 nitrogen and oxygen atoms in total. The van der Waals surface area contributed by atoms with Gasteiger partial charge in [-0.05, 0) is 125 Å². The van der Waals surface area contributed by atoms with Gasteiger partial charge in [0, 0.05) is 104 Å². The van der Waals surface area contributed by atoms with Gasteiger partial charge in [-0.15, -0.1) is 0 Å². The number of carbonyl (C=O) groups is 2. The van der Waals surface area contributed by atoms with Crippen LogP contribution in [0.4, 0.5) is 17.1 Å². The lowest BCUT2D eigenvalue weighted by Gasteiger charge is -2.43. The summed E-state index contributed by atoms with van der Waals surface area (Å²) in [7, 11) is 0. The fraction of sp³-hybridized carbons (Fsp3) is 0.491. The van der Waals surface area contributed by atoms with Crippen LogP contribution in [0.15, 0.2) is 121 Å². The summed E-state index contributed by atoms with van der Waals surface area (Å²) < 4.78 is 0. The molecule has 1 saturated carbocycles. The van der Waals surface area contributed by atoms with Crippen LogP contribution in [0.2, 0.25) is 0 Å². The fourth-order valence-electron chi connectivity index (χ4n) is 10.8. The standard InChI is InChI=1S/C30H41N5O.C27H36N4O/c1-4-33(5-2)17-9-10-18-35-27-12-8-6-7-11-24(27)28(30(35)36)29-31-25-14-13-23(21-26(25)32-29)34-19-15-22(3)16-20-34;1-20-18-24(31-16-14-30(15-17-31)23-8-7-9-23)12-13-26(20)29-22(3)21(2)25-10-5-4-6-11-27(25)28-19-32/h6-8,11-14,21-22,24,28H,4-5,9-10,15-20H2,1-3H3,(H,31,32);4-6,10-13,18-19,21,23,25,29H,3,7-9,14-17H2,1-2H3,(H,28,32). The number of nitrogens with zero attached hydrogens (tertiary/aromatic N) is 6. The lowest BCUT2D eigenvalue weighted by atomic mass is 9.88. The Labute approximate surface area is 406 Å². The SMILES string of the molecule is C=C(Nc1ccc(N2CCN(C3CCC3)CC2)cc1C)C(C)C1C=CC=CC=C1NC=O.CCN(CC)CCCCN1C(=O)C(c2nc3ccc(N4CCC(C)CC4)cc3[nH]2)C2C=CC=CC=C21. The van der Waals surface area contributed by atoms with E-state index >= 15 is 0 Å². The molecule has 9 rings (SSSR count). The minimum atomic E-state index is -0.304. The Morgan fingerprint density at radius 1 is 0.882 bits per heavy atom. The smallest absolute Gasteiger partial charge is 0.238 e. The van der Waals surface area contributed by atoms with Gasteiger partial charge >= 0.3 is 0 Å². The number of piperazine rings is 1. The number of anilines is 3. The summed E-state index contributed by atoms with van der Waals surface area (Å²) in [6, 6.07) is 14.0. The second-order valence-electron chi connectivity index (χ2n) is 19.8. The topological polar surface area (TPSA) is 103 Å². The van der Waals surface area contributed by atoms with Crippen molar-refractivity contribution in [2.45, 2.75) is 91.5 Å². The Hall–Kier alpha value is -5.65. The maximum Gasteiger partial charge on any atom is 0.238 e. The molecule has 0 bridgehead atoms. The number of allylic oxidation sites excluding steroid dienone is 11. The lowest BCUT2D eigenvalue weighted by Crippen LogP contribution is -2.52. The number of rotatable bonds is 17. The first-order chi connectivity index (χ1) is 33.1. The van der Waals surface area contributed by atoms with Crippen molar-refractivity contribution >= 4 is 40.4 Å². The summed E-state index contributed by atoms with van der Waals surface area (Å²) >= 11 is 0. The van der Waals surface area contributed by atoms with Crippen LogP contribution in [0.25, 0.3) is 11.0 Å². The van der Waals surface area contributed by atoms with Crippen LogP contribution >= 0.6 is 0 Å². The van der Waals surface area contributed by atoms with Crippen molar-refractivity contribution in [2.24, 2.45) is 23.7 Å². The molecule has 4 heterocycles. The number of piperidine rings is 1. The highest BCUT2D eigenvalue weighted by atomic mass is 16.2. The molecule has 0 spiro atoms. The van der Waals surface area contributed by atoms with Crippen LogP contribution < -0.4 is 20.4 Å². The molecule has 1 aromatic heterocycles. The van der Waals surface area contributed by atoms with E-state index in [0.29, 0.717) is 0 Å². The second kappa shape index (κ2) is 23.1. The van der Waals surface area contributed by atoms with E-state index in [1.165, 1.54) is 62.1 Å². The lowest BCUT2D eigenvalue weighted by molar-refractivity contribution is -0.128. The van der Waals surface area contributed by atoms with Gasteiger partial charge in [-0.2, -0.15) is 0 Å². The van der Waals surface area contributed by atoms with Crippen molar-refractivity contribution in [3.63, 3.8) is 0 Å². The highest BCUT2D eigenvalue weighted by Gasteiger charge is 2.45.